The van der Waals surface area contributed by atoms with Crippen molar-refractivity contribution < 1.29 is 14.7 Å². The van der Waals surface area contributed by atoms with Crippen molar-refractivity contribution in [2.45, 2.75) is 19.4 Å². The summed E-state index contributed by atoms with van der Waals surface area (Å²) in [5.41, 5.74) is 2.93. The van der Waals surface area contributed by atoms with Crippen molar-refractivity contribution in [3.63, 3.8) is 0 Å². The van der Waals surface area contributed by atoms with Crippen molar-refractivity contribution in [2.75, 3.05) is 35.2 Å². The smallest absolute Gasteiger partial charge is 0.244 e. The molecule has 0 saturated carbocycles. The van der Waals surface area contributed by atoms with Gasteiger partial charge in [0.1, 0.15) is 6.54 Å². The summed E-state index contributed by atoms with van der Waals surface area (Å²) in [7, 11) is 0. The molecule has 4 rings (SSSR count). The van der Waals surface area contributed by atoms with E-state index in [0.717, 1.165) is 23.1 Å². The number of para-hydroxylation sites is 4. The van der Waals surface area contributed by atoms with E-state index < -0.39 is 0 Å². The van der Waals surface area contributed by atoms with Crippen LogP contribution in [0.5, 0.6) is 0 Å². The van der Waals surface area contributed by atoms with Gasteiger partial charge in [0.2, 0.25) is 17.8 Å². The van der Waals surface area contributed by atoms with Crippen molar-refractivity contribution in [3.8, 4) is 0 Å². The molecule has 0 unspecified atom stereocenters. The lowest BCUT2D eigenvalue weighted by Crippen LogP contribution is -2.26. The molecule has 2 amide bonds. The summed E-state index contributed by atoms with van der Waals surface area (Å²) >= 11 is 0. The van der Waals surface area contributed by atoms with E-state index in [1.807, 2.05) is 42.5 Å². The number of amides is 2. The zero-order chi connectivity index (χ0) is 20.2. The van der Waals surface area contributed by atoms with Gasteiger partial charge in [0.05, 0.1) is 29.0 Å². The topological polar surface area (TPSA) is 99.5 Å². The van der Waals surface area contributed by atoms with Crippen LogP contribution in [-0.2, 0) is 16.1 Å². The number of aliphatic hydroxyl groups excluding tert-OH is 1. The molecule has 1 aliphatic rings. The van der Waals surface area contributed by atoms with E-state index >= 15 is 0 Å². The molecule has 2 aromatic carbocycles. The number of carbonyl (C=O) groups is 2. The lowest BCUT2D eigenvalue weighted by molar-refractivity contribution is -0.117. The zero-order valence-electron chi connectivity index (χ0n) is 16.0. The van der Waals surface area contributed by atoms with E-state index in [9.17, 15) is 9.59 Å². The fourth-order valence-electron chi connectivity index (χ4n) is 3.59. The molecule has 8 heteroatoms. The molecule has 1 saturated heterocycles. The second-order valence-electron chi connectivity index (χ2n) is 6.87. The number of hydrogen-bond acceptors (Lipinski definition) is 5. The van der Waals surface area contributed by atoms with Crippen LogP contribution >= 0.6 is 0 Å². The molecule has 150 valence electrons. The van der Waals surface area contributed by atoms with Gasteiger partial charge in [-0.05, 0) is 30.7 Å². The molecule has 8 nitrogen and oxygen atoms in total. The van der Waals surface area contributed by atoms with Crippen LogP contribution in [-0.4, -0.2) is 46.2 Å². The van der Waals surface area contributed by atoms with Gasteiger partial charge >= 0.3 is 0 Å². The van der Waals surface area contributed by atoms with Crippen molar-refractivity contribution in [1.82, 2.24) is 9.55 Å². The molecule has 1 aliphatic heterocycles. The molecule has 2 heterocycles. The molecule has 3 aromatic rings. The summed E-state index contributed by atoms with van der Waals surface area (Å²) < 4.78 is 1.78. The van der Waals surface area contributed by atoms with Crippen LogP contribution in [0.1, 0.15) is 12.8 Å². The Bertz CT molecular complexity index is 1050. The Kier molecular flexibility index (Phi) is 5.44. The van der Waals surface area contributed by atoms with Crippen LogP contribution in [0.15, 0.2) is 48.5 Å². The number of nitrogens with zero attached hydrogens (tertiary/aromatic N) is 3. The maximum Gasteiger partial charge on any atom is 0.244 e. The minimum atomic E-state index is -0.223. The van der Waals surface area contributed by atoms with Gasteiger partial charge in [-0.2, -0.15) is 0 Å². The highest BCUT2D eigenvalue weighted by Gasteiger charge is 2.24. The molecule has 1 aromatic heterocycles. The number of imidazole rings is 1. The first kappa shape index (κ1) is 18.9. The second-order valence-corrected chi connectivity index (χ2v) is 6.87. The highest BCUT2D eigenvalue weighted by Crippen LogP contribution is 2.29. The predicted octanol–water partition coefficient (Wildman–Crippen LogP) is 2.21. The largest absolute Gasteiger partial charge is 0.395 e. The normalized spacial score (nSPS) is 13.8. The number of hydrogen-bond donors (Lipinski definition) is 3. The number of anilines is 3. The van der Waals surface area contributed by atoms with Crippen LogP contribution in [0.2, 0.25) is 0 Å². The van der Waals surface area contributed by atoms with Gasteiger partial charge in [-0.25, -0.2) is 4.98 Å². The van der Waals surface area contributed by atoms with Crippen LogP contribution in [0.4, 0.5) is 17.3 Å². The van der Waals surface area contributed by atoms with E-state index in [2.05, 4.69) is 15.6 Å². The lowest BCUT2D eigenvalue weighted by atomic mass is 10.2. The average molecular weight is 393 g/mol. The molecule has 0 spiro atoms. The standard InChI is InChI=1S/C21H23N5O3/c27-13-11-22-21-24-16-7-2-4-9-18(16)26(21)14-19(28)23-15-6-1-3-8-17(15)25-12-5-10-20(25)29/h1-4,6-9,27H,5,10-14H2,(H,22,24)(H,23,28). The third kappa shape index (κ3) is 3.93. The summed E-state index contributed by atoms with van der Waals surface area (Å²) in [6, 6.07) is 14.9. The van der Waals surface area contributed by atoms with Gasteiger partial charge in [0, 0.05) is 19.5 Å². The molecule has 0 aliphatic carbocycles. The Labute approximate surface area is 168 Å². The first-order valence-electron chi connectivity index (χ1n) is 9.66. The Balaban J connectivity index is 1.58. The van der Waals surface area contributed by atoms with Crippen molar-refractivity contribution in [2.24, 2.45) is 0 Å². The van der Waals surface area contributed by atoms with Gasteiger partial charge < -0.3 is 25.2 Å². The van der Waals surface area contributed by atoms with E-state index in [4.69, 9.17) is 5.11 Å². The van der Waals surface area contributed by atoms with E-state index in [-0.39, 0.29) is 25.0 Å². The van der Waals surface area contributed by atoms with Crippen LogP contribution < -0.4 is 15.5 Å². The SMILES string of the molecule is O=C(Cn1c(NCCO)nc2ccccc21)Nc1ccccc1N1CCCC1=O. The fraction of sp³-hybridized carbons (Fsp3) is 0.286. The maximum absolute atomic E-state index is 12.9. The van der Waals surface area contributed by atoms with Crippen molar-refractivity contribution in [3.05, 3.63) is 48.5 Å². The monoisotopic (exact) mass is 393 g/mol. The predicted molar refractivity (Wildman–Crippen MR) is 112 cm³/mol. The first-order valence-corrected chi connectivity index (χ1v) is 9.66. The number of aliphatic hydroxyl groups is 1. The summed E-state index contributed by atoms with van der Waals surface area (Å²) in [6.07, 6.45) is 1.35. The lowest BCUT2D eigenvalue weighted by Gasteiger charge is -2.20. The van der Waals surface area contributed by atoms with Gasteiger partial charge in [-0.15, -0.1) is 0 Å². The van der Waals surface area contributed by atoms with Crippen LogP contribution in [0.3, 0.4) is 0 Å². The van der Waals surface area contributed by atoms with Gasteiger partial charge in [0.15, 0.2) is 0 Å². The molecule has 3 N–H and O–H groups in total. The molecular weight excluding hydrogens is 370 g/mol. The average Bonchev–Trinajstić information content (AvgIpc) is 3.30. The molecule has 29 heavy (non-hydrogen) atoms. The highest BCUT2D eigenvalue weighted by molar-refractivity contribution is 6.02. The second kappa shape index (κ2) is 8.32. The Morgan fingerprint density at radius 1 is 1.14 bits per heavy atom. The molecule has 0 radical (unpaired) electrons. The van der Waals surface area contributed by atoms with Gasteiger partial charge in [0.25, 0.3) is 0 Å². The Hall–Kier alpha value is -3.39. The Morgan fingerprint density at radius 3 is 2.72 bits per heavy atom. The number of carbonyl (C=O) groups excluding carboxylic acids is 2. The van der Waals surface area contributed by atoms with Gasteiger partial charge in [-0.3, -0.25) is 9.59 Å². The summed E-state index contributed by atoms with van der Waals surface area (Å²) in [6.45, 7) is 1.02. The molecular formula is C21H23N5O3. The number of fused-ring (bicyclic) bond motifs is 1. The highest BCUT2D eigenvalue weighted by atomic mass is 16.3. The maximum atomic E-state index is 12.9. The molecule has 0 atom stereocenters. The van der Waals surface area contributed by atoms with E-state index in [1.165, 1.54) is 0 Å². The first-order chi connectivity index (χ1) is 14.2. The van der Waals surface area contributed by atoms with Crippen LogP contribution in [0, 0.1) is 0 Å². The third-order valence-corrected chi connectivity index (χ3v) is 4.89. The van der Waals surface area contributed by atoms with Crippen molar-refractivity contribution in [1.29, 1.82) is 0 Å². The third-order valence-electron chi connectivity index (χ3n) is 4.89. The Morgan fingerprint density at radius 2 is 1.93 bits per heavy atom. The minimum Gasteiger partial charge on any atom is -0.395 e. The zero-order valence-corrected chi connectivity index (χ0v) is 16.0. The number of rotatable bonds is 7. The molecule has 0 bridgehead atoms. The van der Waals surface area contributed by atoms with E-state index in [0.29, 0.717) is 31.1 Å². The van der Waals surface area contributed by atoms with Crippen molar-refractivity contribution >= 4 is 40.2 Å². The fourth-order valence-corrected chi connectivity index (χ4v) is 3.59. The quantitative estimate of drug-likeness (QED) is 0.572. The van der Waals surface area contributed by atoms with E-state index in [1.54, 1.807) is 15.5 Å². The van der Waals surface area contributed by atoms with Gasteiger partial charge in [-0.1, -0.05) is 24.3 Å². The number of benzene rings is 2. The minimum absolute atomic E-state index is 0.0351. The molecule has 1 fully saturated rings. The summed E-state index contributed by atoms with van der Waals surface area (Å²) in [5, 5.41) is 15.1. The summed E-state index contributed by atoms with van der Waals surface area (Å²) in [5.74, 6) is 0.375. The number of aromatic nitrogens is 2. The van der Waals surface area contributed by atoms with Crippen LogP contribution in [0.25, 0.3) is 11.0 Å². The number of nitrogens with one attached hydrogen (secondary N) is 2. The summed E-state index contributed by atoms with van der Waals surface area (Å²) in [4.78, 5) is 31.2.